The van der Waals surface area contributed by atoms with Gasteiger partial charge in [0.25, 0.3) is 0 Å². The van der Waals surface area contributed by atoms with Gasteiger partial charge in [-0.3, -0.25) is 0 Å². The molecule has 21 heavy (non-hydrogen) atoms. The van der Waals surface area contributed by atoms with Crippen LogP contribution in [0.1, 0.15) is 30.6 Å². The molecule has 112 valence electrons. The highest BCUT2D eigenvalue weighted by Gasteiger charge is 2.13. The first-order valence-corrected chi connectivity index (χ1v) is 7.32. The van der Waals surface area contributed by atoms with Gasteiger partial charge in [-0.1, -0.05) is 30.7 Å². The molecule has 0 aliphatic carbocycles. The number of rotatable bonds is 6. The molecule has 1 unspecified atom stereocenters. The first-order chi connectivity index (χ1) is 10.1. The van der Waals surface area contributed by atoms with Crippen LogP contribution in [0.25, 0.3) is 0 Å². The molecule has 0 fully saturated rings. The zero-order valence-electron chi connectivity index (χ0n) is 11.9. The Hall–Kier alpha value is -1.58. The molecule has 0 spiro atoms. The molecule has 0 bridgehead atoms. The summed E-state index contributed by atoms with van der Waals surface area (Å²) in [6.45, 7) is 2.66. The number of hydrogen-bond acceptors (Lipinski definition) is 2. The molecule has 0 aliphatic heterocycles. The van der Waals surface area contributed by atoms with Gasteiger partial charge in [-0.15, -0.1) is 0 Å². The monoisotopic (exact) mass is 308 g/mol. The summed E-state index contributed by atoms with van der Waals surface area (Å²) >= 11 is 5.86. The summed E-state index contributed by atoms with van der Waals surface area (Å²) in [6, 6.07) is 11.6. The summed E-state index contributed by atoms with van der Waals surface area (Å²) in [5.41, 5.74) is 1.10. The Morgan fingerprint density at radius 3 is 2.81 bits per heavy atom. The zero-order chi connectivity index (χ0) is 15.2. The highest BCUT2D eigenvalue weighted by Crippen LogP contribution is 2.25. The van der Waals surface area contributed by atoms with Crippen LogP contribution in [0.5, 0.6) is 5.75 Å². The van der Waals surface area contributed by atoms with Crippen molar-refractivity contribution < 1.29 is 14.2 Å². The largest absolute Gasteiger partial charge is 0.494 e. The van der Waals surface area contributed by atoms with Crippen LogP contribution in [0.4, 0.5) is 4.39 Å². The van der Waals surface area contributed by atoms with Crippen LogP contribution in [0.3, 0.4) is 0 Å². The lowest BCUT2D eigenvalue weighted by atomic mass is 10.0. The topological polar surface area (TPSA) is 29.5 Å². The SMILES string of the molecule is CCCOc1cccc(C(O)Cc2cc(Cl)ccc2F)c1. The molecule has 0 amide bonds. The van der Waals surface area contributed by atoms with Gasteiger partial charge in [0, 0.05) is 11.4 Å². The molecule has 4 heteroatoms. The van der Waals surface area contributed by atoms with E-state index in [-0.39, 0.29) is 12.2 Å². The predicted molar refractivity (Wildman–Crippen MR) is 82.3 cm³/mol. The van der Waals surface area contributed by atoms with Crippen LogP contribution in [-0.2, 0) is 6.42 Å². The van der Waals surface area contributed by atoms with E-state index in [1.165, 1.54) is 18.2 Å². The second kappa shape index (κ2) is 7.43. The summed E-state index contributed by atoms with van der Waals surface area (Å²) < 4.78 is 19.2. The van der Waals surface area contributed by atoms with E-state index < -0.39 is 6.10 Å². The summed E-state index contributed by atoms with van der Waals surface area (Å²) in [6.07, 6.45) is 0.285. The number of halogens is 2. The normalized spacial score (nSPS) is 12.2. The van der Waals surface area contributed by atoms with Crippen LogP contribution < -0.4 is 4.74 Å². The van der Waals surface area contributed by atoms with Crippen molar-refractivity contribution in [3.05, 3.63) is 64.4 Å². The Balaban J connectivity index is 2.12. The first-order valence-electron chi connectivity index (χ1n) is 6.95. The van der Waals surface area contributed by atoms with Crippen molar-refractivity contribution in [2.45, 2.75) is 25.9 Å². The minimum atomic E-state index is -0.803. The summed E-state index contributed by atoms with van der Waals surface area (Å²) in [4.78, 5) is 0. The summed E-state index contributed by atoms with van der Waals surface area (Å²) in [7, 11) is 0. The molecule has 2 rings (SSSR count). The van der Waals surface area contributed by atoms with Crippen LogP contribution in [0.2, 0.25) is 5.02 Å². The minimum absolute atomic E-state index is 0.170. The average Bonchev–Trinajstić information content (AvgIpc) is 2.49. The van der Waals surface area contributed by atoms with Gasteiger partial charge in [-0.2, -0.15) is 0 Å². The van der Waals surface area contributed by atoms with Gasteiger partial charge < -0.3 is 9.84 Å². The summed E-state index contributed by atoms with van der Waals surface area (Å²) in [5, 5.41) is 10.7. The van der Waals surface area contributed by atoms with Gasteiger partial charge in [0.2, 0.25) is 0 Å². The molecule has 0 saturated heterocycles. The second-order valence-electron chi connectivity index (χ2n) is 4.88. The Labute approximate surface area is 129 Å². The van der Waals surface area contributed by atoms with E-state index in [0.29, 0.717) is 28.5 Å². The molecule has 1 atom stereocenters. The fourth-order valence-electron chi connectivity index (χ4n) is 2.06. The molecule has 2 nitrogen and oxygen atoms in total. The van der Waals surface area contributed by atoms with E-state index in [2.05, 4.69) is 0 Å². The van der Waals surface area contributed by atoms with Crippen molar-refractivity contribution in [1.82, 2.24) is 0 Å². The standard InChI is InChI=1S/C17H18ClFO2/c1-2-8-21-15-5-3-4-12(10-15)17(20)11-13-9-14(18)6-7-16(13)19/h3-7,9-10,17,20H,2,8,11H2,1H3. The van der Waals surface area contributed by atoms with Crippen LogP contribution in [0.15, 0.2) is 42.5 Å². The highest BCUT2D eigenvalue weighted by molar-refractivity contribution is 6.30. The van der Waals surface area contributed by atoms with Crippen molar-refractivity contribution in [1.29, 1.82) is 0 Å². The molecule has 0 radical (unpaired) electrons. The Morgan fingerprint density at radius 2 is 2.05 bits per heavy atom. The van der Waals surface area contributed by atoms with Crippen LogP contribution in [-0.4, -0.2) is 11.7 Å². The third kappa shape index (κ3) is 4.45. The van der Waals surface area contributed by atoms with Gasteiger partial charge in [0.15, 0.2) is 0 Å². The second-order valence-corrected chi connectivity index (χ2v) is 5.31. The molecule has 2 aromatic carbocycles. The number of benzene rings is 2. The smallest absolute Gasteiger partial charge is 0.126 e. The molecule has 2 aromatic rings. The highest BCUT2D eigenvalue weighted by atomic mass is 35.5. The van der Waals surface area contributed by atoms with E-state index in [1.807, 2.05) is 19.1 Å². The van der Waals surface area contributed by atoms with Gasteiger partial charge in [0.05, 0.1) is 12.7 Å². The predicted octanol–water partition coefficient (Wildman–Crippen LogP) is 4.54. The molecule has 0 heterocycles. The summed E-state index contributed by atoms with van der Waals surface area (Å²) in [5.74, 6) is 0.344. The third-order valence-electron chi connectivity index (χ3n) is 3.14. The maximum absolute atomic E-state index is 13.7. The van der Waals surface area contributed by atoms with Crippen molar-refractivity contribution in [3.8, 4) is 5.75 Å². The lowest BCUT2D eigenvalue weighted by Crippen LogP contribution is -2.04. The van der Waals surface area contributed by atoms with Gasteiger partial charge >= 0.3 is 0 Å². The number of aliphatic hydroxyl groups excluding tert-OH is 1. The first kappa shape index (κ1) is 15.8. The zero-order valence-corrected chi connectivity index (χ0v) is 12.6. The van der Waals surface area contributed by atoms with Gasteiger partial charge in [-0.05, 0) is 47.9 Å². The fraction of sp³-hybridized carbons (Fsp3) is 0.294. The maximum atomic E-state index is 13.7. The third-order valence-corrected chi connectivity index (χ3v) is 3.37. The van der Waals surface area contributed by atoms with Gasteiger partial charge in [0.1, 0.15) is 11.6 Å². The van der Waals surface area contributed by atoms with Crippen molar-refractivity contribution in [2.75, 3.05) is 6.61 Å². The molecular weight excluding hydrogens is 291 g/mol. The lowest BCUT2D eigenvalue weighted by Gasteiger charge is -2.13. The van der Waals surface area contributed by atoms with E-state index in [4.69, 9.17) is 16.3 Å². The maximum Gasteiger partial charge on any atom is 0.126 e. The van der Waals surface area contributed by atoms with Crippen molar-refractivity contribution >= 4 is 11.6 Å². The number of ether oxygens (including phenoxy) is 1. The van der Waals surface area contributed by atoms with E-state index >= 15 is 0 Å². The quantitative estimate of drug-likeness (QED) is 0.848. The van der Waals surface area contributed by atoms with E-state index in [1.54, 1.807) is 12.1 Å². The van der Waals surface area contributed by atoms with Crippen molar-refractivity contribution in [2.24, 2.45) is 0 Å². The Kier molecular flexibility index (Phi) is 5.59. The van der Waals surface area contributed by atoms with E-state index in [9.17, 15) is 9.50 Å². The molecule has 0 aliphatic rings. The molecule has 0 saturated carbocycles. The Bertz CT molecular complexity index is 601. The number of aliphatic hydroxyl groups is 1. The van der Waals surface area contributed by atoms with Crippen LogP contribution >= 0.6 is 11.6 Å². The average molecular weight is 309 g/mol. The Morgan fingerprint density at radius 1 is 1.24 bits per heavy atom. The van der Waals surface area contributed by atoms with E-state index in [0.717, 1.165) is 6.42 Å². The van der Waals surface area contributed by atoms with Crippen LogP contribution in [0, 0.1) is 5.82 Å². The number of hydrogen-bond donors (Lipinski definition) is 1. The lowest BCUT2D eigenvalue weighted by molar-refractivity contribution is 0.176. The van der Waals surface area contributed by atoms with Crippen molar-refractivity contribution in [3.63, 3.8) is 0 Å². The van der Waals surface area contributed by atoms with Gasteiger partial charge in [-0.25, -0.2) is 4.39 Å². The molecule has 1 N–H and O–H groups in total. The molecule has 0 aromatic heterocycles. The minimum Gasteiger partial charge on any atom is -0.494 e. The fourth-order valence-corrected chi connectivity index (χ4v) is 2.25. The molecular formula is C17H18ClFO2.